The molecule has 3 aromatic rings. The lowest BCUT2D eigenvalue weighted by Crippen LogP contribution is -2.17. The van der Waals surface area contributed by atoms with Crippen LogP contribution in [0.4, 0.5) is 14.5 Å². The molecule has 2 aromatic carbocycles. The van der Waals surface area contributed by atoms with Crippen molar-refractivity contribution in [2.75, 3.05) is 12.4 Å². The van der Waals surface area contributed by atoms with Gasteiger partial charge in [-0.2, -0.15) is 8.78 Å². The third-order valence-electron chi connectivity index (χ3n) is 3.70. The molecule has 1 amide bonds. The van der Waals surface area contributed by atoms with E-state index in [9.17, 15) is 13.6 Å². The molecule has 1 N–H and O–H groups in total. The van der Waals surface area contributed by atoms with Crippen molar-refractivity contribution in [3.63, 3.8) is 0 Å². The Balaban J connectivity index is 1.53. The maximum Gasteiger partial charge on any atom is 0.387 e. The van der Waals surface area contributed by atoms with Gasteiger partial charge >= 0.3 is 6.61 Å². The molecule has 1 heterocycles. The average molecular weight is 404 g/mol. The third kappa shape index (κ3) is 5.80. The number of para-hydroxylation sites is 1. The minimum Gasteiger partial charge on any atom is -0.435 e. The predicted molar refractivity (Wildman–Crippen MR) is 103 cm³/mol. The Hall–Kier alpha value is -2.91. The summed E-state index contributed by atoms with van der Waals surface area (Å²) in [5.74, 6) is -0.174. The number of nitrogens with zero attached hydrogens (tertiary/aromatic N) is 3. The van der Waals surface area contributed by atoms with Crippen molar-refractivity contribution in [2.45, 2.75) is 19.7 Å². The summed E-state index contributed by atoms with van der Waals surface area (Å²) < 4.78 is 28.7. The number of ether oxygens (including phenoxy) is 1. The highest BCUT2D eigenvalue weighted by molar-refractivity contribution is 7.13. The number of benzene rings is 2. The van der Waals surface area contributed by atoms with Crippen molar-refractivity contribution in [3.05, 3.63) is 70.2 Å². The van der Waals surface area contributed by atoms with Gasteiger partial charge in [0.1, 0.15) is 10.8 Å². The summed E-state index contributed by atoms with van der Waals surface area (Å²) in [6.45, 7) is -1.75. The van der Waals surface area contributed by atoms with Crippen molar-refractivity contribution >= 4 is 22.9 Å². The van der Waals surface area contributed by atoms with Crippen LogP contribution in [0.15, 0.2) is 54.6 Å². The minimum atomic E-state index is -2.83. The summed E-state index contributed by atoms with van der Waals surface area (Å²) in [6, 6.07) is 15.6. The van der Waals surface area contributed by atoms with Crippen LogP contribution >= 0.6 is 11.3 Å². The summed E-state index contributed by atoms with van der Waals surface area (Å²) >= 11 is 1.23. The molecule has 1 aromatic heterocycles. The van der Waals surface area contributed by atoms with Gasteiger partial charge in [-0.1, -0.05) is 41.7 Å². The smallest absolute Gasteiger partial charge is 0.387 e. The summed E-state index contributed by atoms with van der Waals surface area (Å²) in [4.78, 5) is 14.2. The summed E-state index contributed by atoms with van der Waals surface area (Å²) in [6.07, 6.45) is 0. The molecule has 146 valence electrons. The van der Waals surface area contributed by atoms with E-state index in [-0.39, 0.29) is 11.7 Å². The second-order valence-corrected chi connectivity index (χ2v) is 7.08. The number of hydrogen-bond acceptors (Lipinski definition) is 6. The lowest BCUT2D eigenvalue weighted by Gasteiger charge is -2.15. The lowest BCUT2D eigenvalue weighted by molar-refractivity contribution is -0.0498. The molecule has 0 aliphatic rings. The first kappa shape index (κ1) is 19.8. The van der Waals surface area contributed by atoms with Gasteiger partial charge in [0.2, 0.25) is 5.01 Å². The maximum absolute atomic E-state index is 12.2. The second kappa shape index (κ2) is 9.34. The Kier molecular flexibility index (Phi) is 6.62. The van der Waals surface area contributed by atoms with Gasteiger partial charge in [0.05, 0.1) is 6.54 Å². The van der Waals surface area contributed by atoms with Crippen LogP contribution in [-0.4, -0.2) is 34.7 Å². The van der Waals surface area contributed by atoms with E-state index in [1.165, 1.54) is 23.5 Å². The van der Waals surface area contributed by atoms with Crippen LogP contribution in [-0.2, 0) is 13.1 Å². The number of nitrogens with one attached hydrogen (secondary N) is 1. The third-order valence-corrected chi connectivity index (χ3v) is 4.61. The van der Waals surface area contributed by atoms with Gasteiger partial charge in [-0.15, -0.1) is 10.2 Å². The molecule has 0 aliphatic carbocycles. The van der Waals surface area contributed by atoms with Gasteiger partial charge in [-0.3, -0.25) is 9.69 Å². The number of carbonyl (C=O) groups is 1. The molecule has 0 unspecified atom stereocenters. The monoisotopic (exact) mass is 404 g/mol. The van der Waals surface area contributed by atoms with E-state index in [2.05, 4.69) is 20.3 Å². The fourth-order valence-electron chi connectivity index (χ4n) is 2.49. The Labute approximate surface area is 164 Å². The van der Waals surface area contributed by atoms with Gasteiger partial charge < -0.3 is 10.1 Å². The normalized spacial score (nSPS) is 11.0. The molecule has 9 heteroatoms. The van der Waals surface area contributed by atoms with Crippen LogP contribution < -0.4 is 10.1 Å². The Morgan fingerprint density at radius 2 is 1.82 bits per heavy atom. The summed E-state index contributed by atoms with van der Waals surface area (Å²) in [7, 11) is 1.90. The van der Waals surface area contributed by atoms with Gasteiger partial charge in [0.25, 0.3) is 5.91 Å². The molecule has 0 saturated carbocycles. The molecule has 0 bridgehead atoms. The lowest BCUT2D eigenvalue weighted by atomic mass is 10.2. The SMILES string of the molecule is CN(Cc1ccc(OC(F)F)cc1)Cc1nnc(C(=O)Nc2ccccc2)s1. The van der Waals surface area contributed by atoms with Gasteiger partial charge in [0.15, 0.2) is 0 Å². The molecular weight excluding hydrogens is 386 g/mol. The minimum absolute atomic E-state index is 0.125. The molecule has 3 rings (SSSR count). The van der Waals surface area contributed by atoms with E-state index in [0.717, 1.165) is 5.56 Å². The van der Waals surface area contributed by atoms with Crippen molar-refractivity contribution in [1.29, 1.82) is 0 Å². The largest absolute Gasteiger partial charge is 0.435 e. The quantitative estimate of drug-likeness (QED) is 0.614. The second-order valence-electron chi connectivity index (χ2n) is 6.02. The highest BCUT2D eigenvalue weighted by atomic mass is 32.1. The van der Waals surface area contributed by atoms with Gasteiger partial charge in [-0.25, -0.2) is 0 Å². The first-order valence-corrected chi connectivity index (χ1v) is 9.22. The van der Waals surface area contributed by atoms with Gasteiger partial charge in [0, 0.05) is 12.2 Å². The topological polar surface area (TPSA) is 67.3 Å². The highest BCUT2D eigenvalue weighted by Gasteiger charge is 2.14. The fourth-order valence-corrected chi connectivity index (χ4v) is 3.31. The number of alkyl halides is 2. The van der Waals surface area contributed by atoms with Crippen LogP contribution in [0.1, 0.15) is 20.4 Å². The van der Waals surface area contributed by atoms with E-state index in [0.29, 0.717) is 28.8 Å². The van der Waals surface area contributed by atoms with Crippen LogP contribution in [0.3, 0.4) is 0 Å². The number of carbonyl (C=O) groups excluding carboxylic acids is 1. The Morgan fingerprint density at radius 1 is 1.11 bits per heavy atom. The molecule has 0 atom stereocenters. The van der Waals surface area contributed by atoms with Crippen LogP contribution in [0.25, 0.3) is 0 Å². The molecule has 0 fully saturated rings. The Bertz CT molecular complexity index is 904. The van der Waals surface area contributed by atoms with Crippen LogP contribution in [0.5, 0.6) is 5.75 Å². The van der Waals surface area contributed by atoms with E-state index >= 15 is 0 Å². The zero-order valence-corrected chi connectivity index (χ0v) is 15.8. The number of halogens is 2. The number of aromatic nitrogens is 2. The maximum atomic E-state index is 12.2. The zero-order valence-electron chi connectivity index (χ0n) is 15.0. The molecule has 0 aliphatic heterocycles. The molecule has 0 radical (unpaired) electrons. The average Bonchev–Trinajstić information content (AvgIpc) is 3.12. The first-order valence-electron chi connectivity index (χ1n) is 8.40. The molecular formula is C19H18F2N4O2S. The first-order chi connectivity index (χ1) is 13.5. The highest BCUT2D eigenvalue weighted by Crippen LogP contribution is 2.18. The number of anilines is 1. The van der Waals surface area contributed by atoms with E-state index in [4.69, 9.17) is 0 Å². The van der Waals surface area contributed by atoms with Crippen LogP contribution in [0, 0.1) is 0 Å². The summed E-state index contributed by atoms with van der Waals surface area (Å²) in [5.41, 5.74) is 1.64. The van der Waals surface area contributed by atoms with E-state index in [1.54, 1.807) is 24.3 Å². The molecule has 6 nitrogen and oxygen atoms in total. The standard InChI is InChI=1S/C19H18F2N4O2S/c1-25(11-13-7-9-15(10-8-13)27-19(20)21)12-16-23-24-18(28-16)17(26)22-14-5-3-2-4-6-14/h2-10,19H,11-12H2,1H3,(H,22,26). The van der Waals surface area contributed by atoms with E-state index in [1.807, 2.05) is 30.1 Å². The zero-order chi connectivity index (χ0) is 19.9. The summed E-state index contributed by atoms with van der Waals surface area (Å²) in [5, 5.41) is 11.8. The number of rotatable bonds is 8. The van der Waals surface area contributed by atoms with E-state index < -0.39 is 6.61 Å². The molecule has 28 heavy (non-hydrogen) atoms. The van der Waals surface area contributed by atoms with Crippen LogP contribution in [0.2, 0.25) is 0 Å². The van der Waals surface area contributed by atoms with Crippen molar-refractivity contribution in [2.24, 2.45) is 0 Å². The fraction of sp³-hybridized carbons (Fsp3) is 0.211. The molecule has 0 spiro atoms. The van der Waals surface area contributed by atoms with Crippen molar-refractivity contribution in [1.82, 2.24) is 15.1 Å². The number of hydrogen-bond donors (Lipinski definition) is 1. The van der Waals surface area contributed by atoms with Crippen molar-refractivity contribution < 1.29 is 18.3 Å². The van der Waals surface area contributed by atoms with Crippen molar-refractivity contribution in [3.8, 4) is 5.75 Å². The Morgan fingerprint density at radius 3 is 2.50 bits per heavy atom. The number of amides is 1. The predicted octanol–water partition coefficient (Wildman–Crippen LogP) is 4.02. The molecule has 0 saturated heterocycles. The van der Waals surface area contributed by atoms with Gasteiger partial charge in [-0.05, 0) is 36.9 Å².